The number of carbonyl (C=O) groups excluding carboxylic acids is 1. The maximum atomic E-state index is 14.0. The predicted molar refractivity (Wildman–Crippen MR) is 109 cm³/mol. The van der Waals surface area contributed by atoms with Crippen LogP contribution in [0.2, 0.25) is 0 Å². The number of pyridine rings is 1. The molecule has 1 aliphatic rings. The molecule has 0 unspecified atom stereocenters. The highest BCUT2D eigenvalue weighted by molar-refractivity contribution is 5.94. The van der Waals surface area contributed by atoms with Gasteiger partial charge >= 0.3 is 0 Å². The van der Waals surface area contributed by atoms with E-state index in [4.69, 9.17) is 4.42 Å². The number of halogens is 1. The van der Waals surface area contributed by atoms with Gasteiger partial charge in [-0.2, -0.15) is 0 Å². The van der Waals surface area contributed by atoms with Gasteiger partial charge in [0.05, 0.1) is 11.5 Å². The molecule has 0 radical (unpaired) electrons. The molecule has 4 aromatic rings. The van der Waals surface area contributed by atoms with E-state index in [2.05, 4.69) is 15.2 Å². The SMILES string of the molecule is O=C(c1ccccc1F)N1CCC[C@@H](c2nnc(-c3nccc4ccccc34)o2)C1. The minimum atomic E-state index is -0.508. The summed E-state index contributed by atoms with van der Waals surface area (Å²) in [5.74, 6) is -0.0733. The smallest absolute Gasteiger partial charge is 0.266 e. The van der Waals surface area contributed by atoms with Crippen molar-refractivity contribution in [2.75, 3.05) is 13.1 Å². The summed E-state index contributed by atoms with van der Waals surface area (Å²) in [4.78, 5) is 18.9. The molecule has 1 fully saturated rings. The molecule has 0 spiro atoms. The molecule has 1 saturated heterocycles. The molecule has 0 saturated carbocycles. The zero-order valence-corrected chi connectivity index (χ0v) is 16.2. The first kappa shape index (κ1) is 18.4. The maximum absolute atomic E-state index is 14.0. The number of benzene rings is 2. The van der Waals surface area contributed by atoms with E-state index >= 15 is 0 Å². The van der Waals surface area contributed by atoms with Crippen LogP contribution in [-0.2, 0) is 0 Å². The van der Waals surface area contributed by atoms with Gasteiger partial charge < -0.3 is 9.32 Å². The van der Waals surface area contributed by atoms with E-state index in [1.807, 2.05) is 30.3 Å². The van der Waals surface area contributed by atoms with Crippen LogP contribution in [0.4, 0.5) is 4.39 Å². The molecule has 6 nitrogen and oxygen atoms in total. The lowest BCUT2D eigenvalue weighted by Crippen LogP contribution is -2.39. The van der Waals surface area contributed by atoms with Crippen molar-refractivity contribution in [2.24, 2.45) is 0 Å². The summed E-state index contributed by atoms with van der Waals surface area (Å²) < 4.78 is 20.0. The molecule has 1 amide bonds. The minimum absolute atomic E-state index is 0.0873. The highest BCUT2D eigenvalue weighted by Gasteiger charge is 2.30. The lowest BCUT2D eigenvalue weighted by Gasteiger charge is -2.31. The van der Waals surface area contributed by atoms with Crippen molar-refractivity contribution in [3.05, 3.63) is 78.1 Å². The van der Waals surface area contributed by atoms with Gasteiger partial charge in [-0.3, -0.25) is 9.78 Å². The van der Waals surface area contributed by atoms with Gasteiger partial charge in [0.2, 0.25) is 5.89 Å². The molecule has 3 heterocycles. The van der Waals surface area contributed by atoms with Crippen LogP contribution in [0, 0.1) is 5.82 Å². The van der Waals surface area contributed by atoms with E-state index in [0.717, 1.165) is 23.6 Å². The third-order valence-electron chi connectivity index (χ3n) is 5.48. The normalized spacial score (nSPS) is 16.7. The predicted octanol–water partition coefficient (Wildman–Crippen LogP) is 4.44. The van der Waals surface area contributed by atoms with Crippen LogP contribution >= 0.6 is 0 Å². The van der Waals surface area contributed by atoms with Crippen molar-refractivity contribution >= 4 is 16.7 Å². The average Bonchev–Trinajstić information content (AvgIpc) is 3.29. The van der Waals surface area contributed by atoms with Crippen molar-refractivity contribution in [2.45, 2.75) is 18.8 Å². The van der Waals surface area contributed by atoms with Gasteiger partial charge in [0.1, 0.15) is 11.5 Å². The Morgan fingerprint density at radius 1 is 1.07 bits per heavy atom. The van der Waals surface area contributed by atoms with Crippen LogP contribution in [-0.4, -0.2) is 39.1 Å². The molecule has 1 aliphatic heterocycles. The van der Waals surface area contributed by atoms with E-state index in [0.29, 0.717) is 30.6 Å². The number of aromatic nitrogens is 3. The van der Waals surface area contributed by atoms with Gasteiger partial charge in [0.15, 0.2) is 0 Å². The quantitative estimate of drug-likeness (QED) is 0.506. The van der Waals surface area contributed by atoms with Gasteiger partial charge in [0.25, 0.3) is 11.8 Å². The molecule has 2 aromatic heterocycles. The molecule has 5 rings (SSSR count). The summed E-state index contributed by atoms with van der Waals surface area (Å²) in [7, 11) is 0. The molecule has 0 bridgehead atoms. The number of rotatable bonds is 3. The molecule has 150 valence electrons. The fraction of sp³-hybridized carbons (Fsp3) is 0.217. The number of likely N-dealkylation sites (tertiary alicyclic amines) is 1. The molecule has 7 heteroatoms. The number of amides is 1. The Labute approximate surface area is 172 Å². The van der Waals surface area contributed by atoms with E-state index < -0.39 is 5.82 Å². The van der Waals surface area contributed by atoms with Gasteiger partial charge in [-0.05, 0) is 36.4 Å². The van der Waals surface area contributed by atoms with E-state index in [1.54, 1.807) is 23.2 Å². The maximum Gasteiger partial charge on any atom is 0.266 e. The van der Waals surface area contributed by atoms with Crippen molar-refractivity contribution in [3.8, 4) is 11.6 Å². The number of fused-ring (bicyclic) bond motifs is 1. The third-order valence-corrected chi connectivity index (χ3v) is 5.48. The molecule has 1 atom stereocenters. The molecule has 30 heavy (non-hydrogen) atoms. The average molecular weight is 402 g/mol. The zero-order valence-electron chi connectivity index (χ0n) is 16.2. The number of hydrogen-bond donors (Lipinski definition) is 0. The fourth-order valence-corrected chi connectivity index (χ4v) is 3.95. The summed E-state index contributed by atoms with van der Waals surface area (Å²) in [6, 6.07) is 15.9. The van der Waals surface area contributed by atoms with Crippen molar-refractivity contribution in [1.82, 2.24) is 20.1 Å². The highest BCUT2D eigenvalue weighted by atomic mass is 19.1. The molecular formula is C23H19FN4O2. The lowest BCUT2D eigenvalue weighted by atomic mass is 9.97. The van der Waals surface area contributed by atoms with Gasteiger partial charge in [-0.15, -0.1) is 10.2 Å². The second-order valence-corrected chi connectivity index (χ2v) is 7.40. The zero-order chi connectivity index (χ0) is 20.5. The van der Waals surface area contributed by atoms with Crippen LogP contribution < -0.4 is 0 Å². The Morgan fingerprint density at radius 2 is 1.90 bits per heavy atom. The van der Waals surface area contributed by atoms with Gasteiger partial charge in [0, 0.05) is 24.7 Å². The number of nitrogens with zero attached hydrogens (tertiary/aromatic N) is 4. The van der Waals surface area contributed by atoms with Crippen LogP contribution in [0.5, 0.6) is 0 Å². The Balaban J connectivity index is 1.40. The summed E-state index contributed by atoms with van der Waals surface area (Å²) >= 11 is 0. The first-order valence-corrected chi connectivity index (χ1v) is 9.92. The third kappa shape index (κ3) is 3.32. The number of carbonyl (C=O) groups is 1. The Hall–Kier alpha value is -3.61. The van der Waals surface area contributed by atoms with E-state index in [1.165, 1.54) is 12.1 Å². The van der Waals surface area contributed by atoms with Crippen molar-refractivity contribution in [1.29, 1.82) is 0 Å². The molecule has 0 N–H and O–H groups in total. The number of piperidine rings is 1. The minimum Gasteiger partial charge on any atom is -0.419 e. The second kappa shape index (κ2) is 7.67. The van der Waals surface area contributed by atoms with Gasteiger partial charge in [-0.25, -0.2) is 4.39 Å². The topological polar surface area (TPSA) is 72.1 Å². The van der Waals surface area contributed by atoms with Crippen LogP contribution in [0.15, 0.2) is 65.2 Å². The lowest BCUT2D eigenvalue weighted by molar-refractivity contribution is 0.0693. The Kier molecular flexibility index (Phi) is 4.71. The van der Waals surface area contributed by atoms with E-state index in [9.17, 15) is 9.18 Å². The second-order valence-electron chi connectivity index (χ2n) is 7.40. The standard InChI is InChI=1S/C23H19FN4O2/c24-19-10-4-3-9-18(19)23(29)28-13-5-7-16(14-28)21-26-27-22(30-21)20-17-8-2-1-6-15(17)11-12-25-20/h1-4,6,8-12,16H,5,7,13-14H2/t16-/m1/s1. The monoisotopic (exact) mass is 402 g/mol. The van der Waals surface area contributed by atoms with Crippen LogP contribution in [0.3, 0.4) is 0 Å². The first-order chi connectivity index (χ1) is 14.7. The summed E-state index contributed by atoms with van der Waals surface area (Å²) in [5.41, 5.74) is 0.728. The number of hydrogen-bond acceptors (Lipinski definition) is 5. The Bertz CT molecular complexity index is 1220. The highest BCUT2D eigenvalue weighted by Crippen LogP contribution is 2.31. The molecule has 2 aromatic carbocycles. The fourth-order valence-electron chi connectivity index (χ4n) is 3.95. The van der Waals surface area contributed by atoms with E-state index in [-0.39, 0.29) is 17.4 Å². The molecule has 0 aliphatic carbocycles. The first-order valence-electron chi connectivity index (χ1n) is 9.92. The Morgan fingerprint density at radius 3 is 2.80 bits per heavy atom. The van der Waals surface area contributed by atoms with Gasteiger partial charge in [-0.1, -0.05) is 36.4 Å². The summed E-state index contributed by atoms with van der Waals surface area (Å²) in [5, 5.41) is 10.4. The van der Waals surface area contributed by atoms with Crippen LogP contribution in [0.25, 0.3) is 22.4 Å². The van der Waals surface area contributed by atoms with Crippen molar-refractivity contribution < 1.29 is 13.6 Å². The summed E-state index contributed by atoms with van der Waals surface area (Å²) in [6.45, 7) is 0.993. The largest absolute Gasteiger partial charge is 0.419 e. The van der Waals surface area contributed by atoms with Crippen molar-refractivity contribution in [3.63, 3.8) is 0 Å². The summed E-state index contributed by atoms with van der Waals surface area (Å²) in [6.07, 6.45) is 3.33. The van der Waals surface area contributed by atoms with Crippen LogP contribution in [0.1, 0.15) is 35.0 Å². The molecular weight excluding hydrogens is 383 g/mol.